The monoisotopic (exact) mass is 211 g/mol. The number of aromatic nitrogens is 1. The van der Waals surface area contributed by atoms with Crippen LogP contribution in [-0.4, -0.2) is 17.4 Å². The zero-order chi connectivity index (χ0) is 10.1. The van der Waals surface area contributed by atoms with E-state index < -0.39 is 6.17 Å². The molecule has 0 saturated carbocycles. The first kappa shape index (κ1) is 9.34. The summed E-state index contributed by atoms with van der Waals surface area (Å²) < 4.78 is 12.9. The molecule has 1 aromatic rings. The molecular formula is C10H7ClFNO. The summed E-state index contributed by atoms with van der Waals surface area (Å²) in [5, 5.41) is 0.140. The number of carbonyl (C=O) groups is 1. The summed E-state index contributed by atoms with van der Waals surface area (Å²) in [6, 6.07) is 1.63. The van der Waals surface area contributed by atoms with Crippen LogP contribution in [0.25, 0.3) is 6.08 Å². The highest BCUT2D eigenvalue weighted by molar-refractivity contribution is 6.31. The number of fused-ring (bicyclic) bond motifs is 1. The topological polar surface area (TPSA) is 30.0 Å². The van der Waals surface area contributed by atoms with Crippen molar-refractivity contribution in [3.05, 3.63) is 34.1 Å². The maximum Gasteiger partial charge on any atom is 0.153 e. The van der Waals surface area contributed by atoms with Crippen LogP contribution in [-0.2, 0) is 6.42 Å². The molecule has 0 aromatic carbocycles. The molecule has 2 nitrogen and oxygen atoms in total. The zero-order valence-corrected chi connectivity index (χ0v) is 7.96. The van der Waals surface area contributed by atoms with Crippen molar-refractivity contribution in [1.82, 2.24) is 4.98 Å². The average molecular weight is 212 g/mol. The first-order valence-electron chi connectivity index (χ1n) is 4.17. The van der Waals surface area contributed by atoms with Gasteiger partial charge in [-0.2, -0.15) is 0 Å². The number of nitrogens with zero attached hydrogens (tertiary/aromatic N) is 1. The van der Waals surface area contributed by atoms with Gasteiger partial charge >= 0.3 is 0 Å². The van der Waals surface area contributed by atoms with Crippen LogP contribution >= 0.6 is 11.6 Å². The van der Waals surface area contributed by atoms with Crippen molar-refractivity contribution in [3.8, 4) is 0 Å². The molecule has 1 unspecified atom stereocenters. The van der Waals surface area contributed by atoms with E-state index in [1.54, 1.807) is 12.1 Å². The molecular weight excluding hydrogens is 205 g/mol. The van der Waals surface area contributed by atoms with Crippen LogP contribution in [0.1, 0.15) is 21.6 Å². The zero-order valence-electron chi connectivity index (χ0n) is 7.21. The molecule has 1 aliphatic rings. The minimum Gasteiger partial charge on any atom is -0.298 e. The third-order valence-corrected chi connectivity index (χ3v) is 2.42. The molecule has 0 aliphatic heterocycles. The molecule has 4 heteroatoms. The van der Waals surface area contributed by atoms with E-state index in [2.05, 4.69) is 4.98 Å². The highest BCUT2D eigenvalue weighted by atomic mass is 35.5. The standard InChI is InChI=1S/C10H7ClFNO/c11-10-7(5-14)3-6-1-2-8(12)4-9(6)13-10/h1-3,5,8H,4H2. The van der Waals surface area contributed by atoms with E-state index in [4.69, 9.17) is 11.6 Å². The maximum absolute atomic E-state index is 12.9. The van der Waals surface area contributed by atoms with Gasteiger partial charge in [0.05, 0.1) is 11.3 Å². The van der Waals surface area contributed by atoms with Crippen molar-refractivity contribution in [3.63, 3.8) is 0 Å². The first-order chi connectivity index (χ1) is 6.70. The number of pyridine rings is 1. The van der Waals surface area contributed by atoms with Gasteiger partial charge in [-0.1, -0.05) is 17.7 Å². The van der Waals surface area contributed by atoms with E-state index >= 15 is 0 Å². The molecule has 1 aliphatic carbocycles. The van der Waals surface area contributed by atoms with Crippen LogP contribution in [0.5, 0.6) is 0 Å². The highest BCUT2D eigenvalue weighted by Gasteiger charge is 2.16. The van der Waals surface area contributed by atoms with Crippen LogP contribution in [0.15, 0.2) is 12.1 Å². The molecule has 0 radical (unpaired) electrons. The number of rotatable bonds is 1. The lowest BCUT2D eigenvalue weighted by molar-refractivity contribution is 0.112. The molecule has 1 heterocycles. The molecule has 14 heavy (non-hydrogen) atoms. The lowest BCUT2D eigenvalue weighted by Crippen LogP contribution is -2.10. The molecule has 2 rings (SSSR count). The lowest BCUT2D eigenvalue weighted by Gasteiger charge is -2.13. The molecule has 0 saturated heterocycles. The second-order valence-electron chi connectivity index (χ2n) is 3.10. The molecule has 0 N–H and O–H groups in total. The summed E-state index contributed by atoms with van der Waals surface area (Å²) >= 11 is 5.72. The Bertz CT molecular complexity index is 417. The number of allylic oxidation sites excluding steroid dienone is 1. The van der Waals surface area contributed by atoms with Gasteiger partial charge in [-0.15, -0.1) is 0 Å². The van der Waals surface area contributed by atoms with Crippen molar-refractivity contribution < 1.29 is 9.18 Å². The number of halogens is 2. The van der Waals surface area contributed by atoms with Crippen molar-refractivity contribution in [1.29, 1.82) is 0 Å². The third kappa shape index (κ3) is 1.55. The van der Waals surface area contributed by atoms with Crippen LogP contribution in [0.2, 0.25) is 5.15 Å². The molecule has 0 spiro atoms. The summed E-state index contributed by atoms with van der Waals surface area (Å²) in [5.41, 5.74) is 1.72. The Hall–Kier alpha value is -1.22. The van der Waals surface area contributed by atoms with Gasteiger partial charge in [-0.05, 0) is 17.7 Å². The number of aldehydes is 1. The number of hydrogen-bond acceptors (Lipinski definition) is 2. The predicted molar refractivity (Wildman–Crippen MR) is 52.3 cm³/mol. The fourth-order valence-corrected chi connectivity index (χ4v) is 1.61. The minimum absolute atomic E-state index is 0.140. The Kier molecular flexibility index (Phi) is 2.33. The van der Waals surface area contributed by atoms with Gasteiger partial charge in [0.2, 0.25) is 0 Å². The van der Waals surface area contributed by atoms with Crippen LogP contribution < -0.4 is 0 Å². The molecule has 72 valence electrons. The molecule has 1 aromatic heterocycles. The summed E-state index contributed by atoms with van der Waals surface area (Å²) in [6.07, 6.45) is 2.94. The highest BCUT2D eigenvalue weighted by Crippen LogP contribution is 2.23. The summed E-state index contributed by atoms with van der Waals surface area (Å²) in [6.45, 7) is 0. The SMILES string of the molecule is O=Cc1cc2c(nc1Cl)CC(F)C=C2. The van der Waals surface area contributed by atoms with Crippen LogP contribution in [0.3, 0.4) is 0 Å². The van der Waals surface area contributed by atoms with Gasteiger partial charge < -0.3 is 0 Å². The van der Waals surface area contributed by atoms with E-state index in [1.807, 2.05) is 0 Å². The van der Waals surface area contributed by atoms with Crippen molar-refractivity contribution in [2.45, 2.75) is 12.6 Å². The van der Waals surface area contributed by atoms with E-state index in [9.17, 15) is 9.18 Å². The van der Waals surface area contributed by atoms with Crippen LogP contribution in [0, 0.1) is 0 Å². The molecule has 0 amide bonds. The van der Waals surface area contributed by atoms with E-state index in [0.29, 0.717) is 17.5 Å². The van der Waals surface area contributed by atoms with E-state index in [-0.39, 0.29) is 11.6 Å². The number of carbonyl (C=O) groups excluding carboxylic acids is 1. The Labute approximate surface area is 85.4 Å². The number of hydrogen-bond donors (Lipinski definition) is 0. The predicted octanol–water partition coefficient (Wildman–Crippen LogP) is 2.45. The average Bonchev–Trinajstić information content (AvgIpc) is 2.16. The first-order valence-corrected chi connectivity index (χ1v) is 4.55. The van der Waals surface area contributed by atoms with Gasteiger partial charge in [-0.25, -0.2) is 9.37 Å². The van der Waals surface area contributed by atoms with Gasteiger partial charge in [0.15, 0.2) is 6.29 Å². The summed E-state index contributed by atoms with van der Waals surface area (Å²) in [5.74, 6) is 0. The number of alkyl halides is 1. The van der Waals surface area contributed by atoms with Gasteiger partial charge in [0.1, 0.15) is 11.3 Å². The normalized spacial score (nSPS) is 19.1. The largest absolute Gasteiger partial charge is 0.298 e. The van der Waals surface area contributed by atoms with Gasteiger partial charge in [-0.3, -0.25) is 4.79 Å². The smallest absolute Gasteiger partial charge is 0.153 e. The summed E-state index contributed by atoms with van der Waals surface area (Å²) in [7, 11) is 0. The van der Waals surface area contributed by atoms with Crippen molar-refractivity contribution in [2.75, 3.05) is 0 Å². The third-order valence-electron chi connectivity index (χ3n) is 2.12. The lowest BCUT2D eigenvalue weighted by atomic mass is 10.0. The Morgan fingerprint density at radius 1 is 1.64 bits per heavy atom. The Morgan fingerprint density at radius 2 is 2.43 bits per heavy atom. The second kappa shape index (κ2) is 3.50. The van der Waals surface area contributed by atoms with E-state index in [1.165, 1.54) is 6.08 Å². The van der Waals surface area contributed by atoms with Gasteiger partial charge in [0, 0.05) is 6.42 Å². The second-order valence-corrected chi connectivity index (χ2v) is 3.46. The fourth-order valence-electron chi connectivity index (χ4n) is 1.41. The van der Waals surface area contributed by atoms with Crippen molar-refractivity contribution in [2.24, 2.45) is 0 Å². The minimum atomic E-state index is -1.01. The maximum atomic E-state index is 12.9. The van der Waals surface area contributed by atoms with Gasteiger partial charge in [0.25, 0.3) is 0 Å². The molecule has 0 bridgehead atoms. The quantitative estimate of drug-likeness (QED) is 0.528. The Balaban J connectivity index is 2.53. The fraction of sp³-hybridized carbons (Fsp3) is 0.200. The van der Waals surface area contributed by atoms with Crippen molar-refractivity contribution >= 4 is 24.0 Å². The van der Waals surface area contributed by atoms with Crippen LogP contribution in [0.4, 0.5) is 4.39 Å². The molecule has 0 fully saturated rings. The Morgan fingerprint density at radius 3 is 3.14 bits per heavy atom. The van der Waals surface area contributed by atoms with E-state index in [0.717, 1.165) is 5.56 Å². The summed E-state index contributed by atoms with van der Waals surface area (Å²) in [4.78, 5) is 14.5. The molecule has 1 atom stereocenters.